The molecule has 3 N–H and O–H groups in total. The molecule has 2 rings (SSSR count). The Morgan fingerprint density at radius 1 is 1.67 bits per heavy atom. The lowest BCUT2D eigenvalue weighted by atomic mass is 10.1. The highest BCUT2D eigenvalue weighted by Gasteiger charge is 2.23. The van der Waals surface area contributed by atoms with E-state index in [1.165, 1.54) is 6.08 Å². The van der Waals surface area contributed by atoms with E-state index in [-0.39, 0.29) is 12.7 Å². The maximum absolute atomic E-state index is 11.7. The second-order valence-corrected chi connectivity index (χ2v) is 3.88. The number of rotatable bonds is 3. The first-order chi connectivity index (χ1) is 8.74. The number of nitrogens with two attached hydrogens (primary N) is 1. The number of amides is 1. The molecule has 0 bridgehead atoms. The average Bonchev–Trinajstić information content (AvgIpc) is 2.43. The van der Waals surface area contributed by atoms with Crippen molar-refractivity contribution in [3.63, 3.8) is 0 Å². The van der Waals surface area contributed by atoms with Crippen LogP contribution in [0.25, 0.3) is 0 Å². The Kier molecular flexibility index (Phi) is 3.73. The summed E-state index contributed by atoms with van der Waals surface area (Å²) in [6.45, 7) is 4.75. The van der Waals surface area contributed by atoms with Crippen LogP contribution in [0.2, 0.25) is 0 Å². The predicted molar refractivity (Wildman–Crippen MR) is 65.5 cm³/mol. The standard InChI is InChI=1S/C11H15N5O2/c1-2-5-18-11(17)16-4-3-9-8(7-16)6-10(13-12)15-14-9/h2,6H,1,3-5,7,12H2,(H,13,15). The van der Waals surface area contributed by atoms with E-state index in [9.17, 15) is 4.79 Å². The lowest BCUT2D eigenvalue weighted by Gasteiger charge is -2.27. The van der Waals surface area contributed by atoms with E-state index in [4.69, 9.17) is 10.6 Å². The van der Waals surface area contributed by atoms with Gasteiger partial charge in [0.1, 0.15) is 6.61 Å². The molecule has 0 atom stereocenters. The first-order valence-electron chi connectivity index (χ1n) is 5.59. The molecule has 0 saturated carbocycles. The van der Waals surface area contributed by atoms with Crippen molar-refractivity contribution in [1.29, 1.82) is 0 Å². The smallest absolute Gasteiger partial charge is 0.410 e. The van der Waals surface area contributed by atoms with Crippen molar-refractivity contribution in [2.24, 2.45) is 5.84 Å². The van der Waals surface area contributed by atoms with Crippen molar-refractivity contribution in [3.05, 3.63) is 30.0 Å². The fourth-order valence-electron chi connectivity index (χ4n) is 1.78. The first kappa shape index (κ1) is 12.3. The third kappa shape index (κ3) is 2.57. The van der Waals surface area contributed by atoms with Crippen molar-refractivity contribution in [2.75, 3.05) is 18.6 Å². The Labute approximate surface area is 105 Å². The summed E-state index contributed by atoms with van der Waals surface area (Å²) in [7, 11) is 0. The van der Waals surface area contributed by atoms with E-state index in [0.717, 1.165) is 11.3 Å². The summed E-state index contributed by atoms with van der Waals surface area (Å²) >= 11 is 0. The Balaban J connectivity index is 2.08. The van der Waals surface area contributed by atoms with E-state index in [2.05, 4.69) is 22.2 Å². The van der Waals surface area contributed by atoms with E-state index in [1.54, 1.807) is 11.0 Å². The molecular weight excluding hydrogens is 234 g/mol. The molecule has 0 aliphatic carbocycles. The minimum Gasteiger partial charge on any atom is -0.445 e. The topological polar surface area (TPSA) is 93.4 Å². The summed E-state index contributed by atoms with van der Waals surface area (Å²) in [5, 5.41) is 7.95. The second kappa shape index (κ2) is 5.46. The normalized spacial score (nSPS) is 13.7. The van der Waals surface area contributed by atoms with Gasteiger partial charge >= 0.3 is 6.09 Å². The number of hydrazine groups is 1. The van der Waals surface area contributed by atoms with Gasteiger partial charge in [0.2, 0.25) is 0 Å². The fraction of sp³-hybridized carbons (Fsp3) is 0.364. The highest BCUT2D eigenvalue weighted by atomic mass is 16.6. The number of fused-ring (bicyclic) bond motifs is 1. The van der Waals surface area contributed by atoms with Gasteiger partial charge in [-0.2, -0.15) is 5.10 Å². The van der Waals surface area contributed by atoms with Crippen LogP contribution in [0.1, 0.15) is 11.3 Å². The monoisotopic (exact) mass is 249 g/mol. The van der Waals surface area contributed by atoms with E-state index >= 15 is 0 Å². The minimum atomic E-state index is -0.348. The fourth-order valence-corrected chi connectivity index (χ4v) is 1.78. The Hall–Kier alpha value is -2.15. The van der Waals surface area contributed by atoms with Gasteiger partial charge in [-0.3, -0.25) is 0 Å². The van der Waals surface area contributed by atoms with E-state index in [1.807, 2.05) is 0 Å². The van der Waals surface area contributed by atoms with Crippen LogP contribution in [-0.2, 0) is 17.7 Å². The van der Waals surface area contributed by atoms with Crippen LogP contribution in [0, 0.1) is 0 Å². The van der Waals surface area contributed by atoms with Crippen molar-refractivity contribution < 1.29 is 9.53 Å². The van der Waals surface area contributed by atoms with E-state index in [0.29, 0.717) is 25.3 Å². The molecule has 0 saturated heterocycles. The molecule has 96 valence electrons. The van der Waals surface area contributed by atoms with Crippen LogP contribution < -0.4 is 11.3 Å². The molecule has 1 amide bonds. The van der Waals surface area contributed by atoms with Crippen LogP contribution in [0.15, 0.2) is 18.7 Å². The predicted octanol–water partition coefficient (Wildman–Crippen LogP) is 0.443. The van der Waals surface area contributed by atoms with Gasteiger partial charge in [-0.25, -0.2) is 10.6 Å². The molecule has 0 spiro atoms. The number of nitrogens with zero attached hydrogens (tertiary/aromatic N) is 3. The van der Waals surface area contributed by atoms with Gasteiger partial charge < -0.3 is 15.1 Å². The Bertz CT molecular complexity index is 463. The molecule has 1 aromatic heterocycles. The number of nitrogens with one attached hydrogen (secondary N) is 1. The van der Waals surface area contributed by atoms with Crippen LogP contribution in [0.3, 0.4) is 0 Å². The third-order valence-corrected chi connectivity index (χ3v) is 2.67. The second-order valence-electron chi connectivity index (χ2n) is 3.88. The summed E-state index contributed by atoms with van der Waals surface area (Å²) < 4.78 is 4.99. The highest BCUT2D eigenvalue weighted by Crippen LogP contribution is 2.18. The number of carbonyl (C=O) groups excluding carboxylic acids is 1. The largest absolute Gasteiger partial charge is 0.445 e. The number of nitrogen functional groups attached to an aromatic ring is 1. The van der Waals surface area contributed by atoms with Gasteiger partial charge in [-0.05, 0) is 11.6 Å². The van der Waals surface area contributed by atoms with Crippen molar-refractivity contribution in [1.82, 2.24) is 15.1 Å². The van der Waals surface area contributed by atoms with Gasteiger partial charge in [0.15, 0.2) is 5.82 Å². The highest BCUT2D eigenvalue weighted by molar-refractivity contribution is 5.68. The van der Waals surface area contributed by atoms with E-state index < -0.39 is 0 Å². The zero-order valence-electron chi connectivity index (χ0n) is 9.93. The molecule has 0 unspecified atom stereocenters. The summed E-state index contributed by atoms with van der Waals surface area (Å²) in [5.74, 6) is 5.76. The van der Waals surface area contributed by atoms with Crippen molar-refractivity contribution in [3.8, 4) is 0 Å². The van der Waals surface area contributed by atoms with Crippen molar-refractivity contribution in [2.45, 2.75) is 13.0 Å². The SMILES string of the molecule is C=CCOC(=O)N1CCc2nnc(NN)cc2C1. The number of ether oxygens (including phenoxy) is 1. The van der Waals surface area contributed by atoms with Gasteiger partial charge in [0.25, 0.3) is 0 Å². The molecule has 1 aliphatic heterocycles. The number of aromatic nitrogens is 2. The summed E-state index contributed by atoms with van der Waals surface area (Å²) in [4.78, 5) is 13.3. The Morgan fingerprint density at radius 3 is 3.22 bits per heavy atom. The Morgan fingerprint density at radius 2 is 2.50 bits per heavy atom. The summed E-state index contributed by atoms with van der Waals surface area (Å²) in [5.41, 5.74) is 4.25. The molecule has 18 heavy (non-hydrogen) atoms. The maximum Gasteiger partial charge on any atom is 0.410 e. The third-order valence-electron chi connectivity index (χ3n) is 2.67. The minimum absolute atomic E-state index is 0.215. The lowest BCUT2D eigenvalue weighted by Crippen LogP contribution is -2.37. The summed E-state index contributed by atoms with van der Waals surface area (Å²) in [6, 6.07) is 1.79. The van der Waals surface area contributed by atoms with Crippen molar-refractivity contribution >= 4 is 11.9 Å². The van der Waals surface area contributed by atoms with Crippen LogP contribution in [-0.4, -0.2) is 34.3 Å². The van der Waals surface area contributed by atoms with Gasteiger partial charge in [0, 0.05) is 13.0 Å². The quantitative estimate of drug-likeness (QED) is 0.459. The average molecular weight is 249 g/mol. The van der Waals surface area contributed by atoms with Gasteiger partial charge in [-0.15, -0.1) is 5.10 Å². The molecule has 1 aromatic rings. The van der Waals surface area contributed by atoms with Crippen LogP contribution in [0.4, 0.5) is 10.6 Å². The molecule has 0 fully saturated rings. The molecule has 7 heteroatoms. The first-order valence-corrected chi connectivity index (χ1v) is 5.59. The van der Waals surface area contributed by atoms with Crippen LogP contribution in [0.5, 0.6) is 0 Å². The summed E-state index contributed by atoms with van der Waals surface area (Å²) in [6.07, 6.45) is 1.85. The maximum atomic E-state index is 11.7. The zero-order chi connectivity index (χ0) is 13.0. The van der Waals surface area contributed by atoms with Crippen LogP contribution >= 0.6 is 0 Å². The van der Waals surface area contributed by atoms with Gasteiger partial charge in [-0.1, -0.05) is 12.7 Å². The molecule has 0 radical (unpaired) electrons. The lowest BCUT2D eigenvalue weighted by molar-refractivity contribution is 0.107. The number of hydrogen-bond donors (Lipinski definition) is 2. The molecule has 7 nitrogen and oxygen atoms in total. The number of hydrogen-bond acceptors (Lipinski definition) is 6. The van der Waals surface area contributed by atoms with Gasteiger partial charge in [0.05, 0.1) is 12.2 Å². The molecular formula is C11H15N5O2. The number of carbonyl (C=O) groups is 1. The molecule has 2 heterocycles. The zero-order valence-corrected chi connectivity index (χ0v) is 9.93. The number of anilines is 1. The molecule has 1 aliphatic rings. The molecule has 0 aromatic carbocycles.